The molecule has 0 bridgehead atoms. The van der Waals surface area contributed by atoms with Crippen LogP contribution in [0, 0.1) is 23.5 Å². The molecule has 0 aromatic heterocycles. The van der Waals surface area contributed by atoms with Crippen LogP contribution in [-0.2, 0) is 6.42 Å². The van der Waals surface area contributed by atoms with Crippen molar-refractivity contribution in [2.45, 2.75) is 52.6 Å². The molecule has 0 aliphatic heterocycles. The maximum atomic E-state index is 13.2. The maximum absolute atomic E-state index is 13.2. The predicted octanol–water partition coefficient (Wildman–Crippen LogP) is 4.33. The van der Waals surface area contributed by atoms with Crippen LogP contribution in [0.25, 0.3) is 0 Å². The first-order valence-corrected chi connectivity index (χ1v) is 6.88. The summed E-state index contributed by atoms with van der Waals surface area (Å²) in [4.78, 5) is 0. The Morgan fingerprint density at radius 3 is 1.95 bits per heavy atom. The van der Waals surface area contributed by atoms with Crippen molar-refractivity contribution in [1.29, 1.82) is 0 Å². The van der Waals surface area contributed by atoms with Gasteiger partial charge in [0, 0.05) is 6.42 Å². The molecule has 3 heteroatoms. The summed E-state index contributed by atoms with van der Waals surface area (Å²) < 4.78 is 26.1. The summed E-state index contributed by atoms with van der Waals surface area (Å²) in [6, 6.07) is 3.85. The van der Waals surface area contributed by atoms with E-state index in [2.05, 4.69) is 27.7 Å². The minimum absolute atomic E-state index is 0.356. The van der Waals surface area contributed by atoms with Gasteiger partial charge >= 0.3 is 0 Å². The third-order valence-electron chi connectivity index (χ3n) is 3.09. The Hall–Kier alpha value is -0.960. The van der Waals surface area contributed by atoms with Gasteiger partial charge in [-0.3, -0.25) is 0 Å². The Kier molecular flexibility index (Phi) is 5.48. The van der Waals surface area contributed by atoms with E-state index in [1.807, 2.05) is 0 Å². The molecule has 1 aromatic rings. The van der Waals surface area contributed by atoms with E-state index in [4.69, 9.17) is 0 Å². The van der Waals surface area contributed by atoms with Gasteiger partial charge in [0.2, 0.25) is 0 Å². The molecule has 108 valence electrons. The van der Waals surface area contributed by atoms with E-state index in [9.17, 15) is 13.9 Å². The van der Waals surface area contributed by atoms with E-state index in [1.54, 1.807) is 6.07 Å². The van der Waals surface area contributed by atoms with Crippen molar-refractivity contribution >= 4 is 0 Å². The van der Waals surface area contributed by atoms with Crippen molar-refractivity contribution in [2.24, 2.45) is 11.8 Å². The van der Waals surface area contributed by atoms with E-state index in [1.165, 1.54) is 6.07 Å². The van der Waals surface area contributed by atoms with Crippen LogP contribution in [0.5, 0.6) is 0 Å². The highest BCUT2D eigenvalue weighted by Crippen LogP contribution is 2.29. The molecule has 0 fully saturated rings. The summed E-state index contributed by atoms with van der Waals surface area (Å²) in [6.45, 7) is 8.21. The first-order valence-electron chi connectivity index (χ1n) is 6.88. The molecule has 0 aliphatic carbocycles. The van der Waals surface area contributed by atoms with Crippen LogP contribution in [0.3, 0.4) is 0 Å². The normalized spacial score (nSPS) is 12.5. The molecular weight excluding hydrogens is 246 g/mol. The number of aliphatic hydroxyl groups is 1. The van der Waals surface area contributed by atoms with Crippen molar-refractivity contribution in [3.63, 3.8) is 0 Å². The standard InChI is InChI=1S/C16H24F2O/c1-11(2)8-16(19,9-12(3)4)10-13-5-6-14(17)15(18)7-13/h5-7,11-12,19H,8-10H2,1-4H3. The average molecular weight is 270 g/mol. The lowest BCUT2D eigenvalue weighted by atomic mass is 9.80. The van der Waals surface area contributed by atoms with Gasteiger partial charge < -0.3 is 5.11 Å². The third-order valence-corrected chi connectivity index (χ3v) is 3.09. The molecule has 0 saturated heterocycles. The zero-order valence-electron chi connectivity index (χ0n) is 12.2. The molecule has 0 spiro atoms. The van der Waals surface area contributed by atoms with E-state index in [-0.39, 0.29) is 0 Å². The van der Waals surface area contributed by atoms with Crippen LogP contribution >= 0.6 is 0 Å². The van der Waals surface area contributed by atoms with Crippen LogP contribution in [0.2, 0.25) is 0 Å². The second kappa shape index (κ2) is 6.47. The SMILES string of the molecule is CC(C)CC(O)(Cc1ccc(F)c(F)c1)CC(C)C. The Morgan fingerprint density at radius 2 is 1.53 bits per heavy atom. The lowest BCUT2D eigenvalue weighted by Gasteiger charge is -2.32. The fourth-order valence-corrected chi connectivity index (χ4v) is 2.78. The molecule has 1 aromatic carbocycles. The Bertz CT molecular complexity index is 403. The predicted molar refractivity (Wildman–Crippen MR) is 73.9 cm³/mol. The van der Waals surface area contributed by atoms with Crippen LogP contribution in [0.4, 0.5) is 8.78 Å². The van der Waals surface area contributed by atoms with E-state index >= 15 is 0 Å². The molecule has 1 N–H and O–H groups in total. The number of hydrogen-bond acceptors (Lipinski definition) is 1. The van der Waals surface area contributed by atoms with Crippen molar-refractivity contribution in [1.82, 2.24) is 0 Å². The summed E-state index contributed by atoms with van der Waals surface area (Å²) in [6.07, 6.45) is 1.68. The van der Waals surface area contributed by atoms with Crippen LogP contribution in [-0.4, -0.2) is 10.7 Å². The van der Waals surface area contributed by atoms with Gasteiger partial charge in [0.1, 0.15) is 0 Å². The highest BCUT2D eigenvalue weighted by molar-refractivity contribution is 5.19. The fourth-order valence-electron chi connectivity index (χ4n) is 2.78. The zero-order chi connectivity index (χ0) is 14.6. The molecule has 1 rings (SSSR count). The summed E-state index contributed by atoms with van der Waals surface area (Å²) in [7, 11) is 0. The van der Waals surface area contributed by atoms with E-state index in [0.717, 1.165) is 6.07 Å². The van der Waals surface area contributed by atoms with Crippen molar-refractivity contribution in [2.75, 3.05) is 0 Å². The largest absolute Gasteiger partial charge is 0.390 e. The van der Waals surface area contributed by atoms with Gasteiger partial charge in [-0.2, -0.15) is 0 Å². The van der Waals surface area contributed by atoms with Crippen molar-refractivity contribution in [3.8, 4) is 0 Å². The monoisotopic (exact) mass is 270 g/mol. The summed E-state index contributed by atoms with van der Waals surface area (Å²) >= 11 is 0. The smallest absolute Gasteiger partial charge is 0.159 e. The average Bonchev–Trinajstić information content (AvgIpc) is 2.20. The number of benzene rings is 1. The van der Waals surface area contributed by atoms with Gasteiger partial charge in [-0.1, -0.05) is 33.8 Å². The Morgan fingerprint density at radius 1 is 1.00 bits per heavy atom. The quantitative estimate of drug-likeness (QED) is 0.815. The highest BCUT2D eigenvalue weighted by atomic mass is 19.2. The summed E-state index contributed by atoms with van der Waals surface area (Å²) in [5, 5.41) is 10.7. The molecule has 19 heavy (non-hydrogen) atoms. The molecule has 1 nitrogen and oxygen atoms in total. The molecule has 0 radical (unpaired) electrons. The van der Waals surface area contributed by atoms with Crippen molar-refractivity contribution in [3.05, 3.63) is 35.4 Å². The third kappa shape index (κ3) is 5.27. The van der Waals surface area contributed by atoms with Gasteiger partial charge in [0.05, 0.1) is 5.60 Å². The number of halogens is 2. The van der Waals surface area contributed by atoms with Crippen LogP contribution in [0.1, 0.15) is 46.1 Å². The Labute approximate surface area is 114 Å². The number of rotatable bonds is 6. The lowest BCUT2D eigenvalue weighted by Crippen LogP contribution is -2.35. The molecular formula is C16H24F2O. The summed E-state index contributed by atoms with van der Waals surface area (Å²) in [5.41, 5.74) is -0.213. The summed E-state index contributed by atoms with van der Waals surface area (Å²) in [5.74, 6) is -0.989. The van der Waals surface area contributed by atoms with E-state index < -0.39 is 17.2 Å². The lowest BCUT2D eigenvalue weighted by molar-refractivity contribution is 0.000682. The topological polar surface area (TPSA) is 20.2 Å². The minimum Gasteiger partial charge on any atom is -0.390 e. The minimum atomic E-state index is -0.855. The van der Waals surface area contributed by atoms with E-state index in [0.29, 0.717) is 36.7 Å². The first-order chi connectivity index (χ1) is 8.72. The van der Waals surface area contributed by atoms with Gasteiger partial charge in [-0.05, 0) is 42.4 Å². The zero-order valence-corrected chi connectivity index (χ0v) is 12.2. The van der Waals surface area contributed by atoms with Crippen LogP contribution < -0.4 is 0 Å². The van der Waals surface area contributed by atoms with Crippen molar-refractivity contribution < 1.29 is 13.9 Å². The highest BCUT2D eigenvalue weighted by Gasteiger charge is 2.29. The molecule has 0 unspecified atom stereocenters. The maximum Gasteiger partial charge on any atom is 0.159 e. The molecule has 0 heterocycles. The molecule has 0 saturated carbocycles. The molecule has 0 amide bonds. The number of hydrogen-bond donors (Lipinski definition) is 1. The van der Waals surface area contributed by atoms with Gasteiger partial charge in [-0.15, -0.1) is 0 Å². The second-order valence-electron chi connectivity index (χ2n) is 6.35. The van der Waals surface area contributed by atoms with Gasteiger partial charge in [0.15, 0.2) is 11.6 Å². The van der Waals surface area contributed by atoms with Gasteiger partial charge in [-0.25, -0.2) is 8.78 Å². The Balaban J connectivity index is 2.89. The molecule has 0 atom stereocenters. The second-order valence-corrected chi connectivity index (χ2v) is 6.35. The fraction of sp³-hybridized carbons (Fsp3) is 0.625. The van der Waals surface area contributed by atoms with Gasteiger partial charge in [0.25, 0.3) is 0 Å². The first kappa shape index (κ1) is 16.1. The van der Waals surface area contributed by atoms with Crippen LogP contribution in [0.15, 0.2) is 18.2 Å². The molecule has 0 aliphatic rings.